The van der Waals surface area contributed by atoms with Crippen LogP contribution in [0.25, 0.3) is 0 Å². The minimum Gasteiger partial charge on any atom is -0.397 e. The van der Waals surface area contributed by atoms with E-state index < -0.39 is 0 Å². The highest BCUT2D eigenvalue weighted by atomic mass is 32.1. The van der Waals surface area contributed by atoms with Crippen molar-refractivity contribution in [2.45, 2.75) is 5.75 Å². The first-order valence-electron chi connectivity index (χ1n) is 3.10. The number of hydrogen-bond acceptors (Lipinski definition) is 4. The average Bonchev–Trinajstić information content (AvgIpc) is 2.05. The van der Waals surface area contributed by atoms with E-state index in [1.54, 1.807) is 12.1 Å². The van der Waals surface area contributed by atoms with E-state index in [0.717, 1.165) is 5.56 Å². The van der Waals surface area contributed by atoms with Crippen LogP contribution in [0.2, 0.25) is 0 Å². The van der Waals surface area contributed by atoms with Crippen molar-refractivity contribution in [1.82, 2.24) is 0 Å². The first-order valence-corrected chi connectivity index (χ1v) is 3.74. The molecule has 0 atom stereocenters. The molecule has 58 valence electrons. The van der Waals surface area contributed by atoms with Crippen molar-refractivity contribution in [1.29, 1.82) is 0 Å². The molecule has 0 saturated carbocycles. The van der Waals surface area contributed by atoms with E-state index in [4.69, 9.17) is 5.73 Å². The highest BCUT2D eigenvalue weighted by Crippen LogP contribution is 2.23. The molecule has 0 aliphatic heterocycles. The van der Waals surface area contributed by atoms with Crippen LogP contribution in [0.5, 0.6) is 0 Å². The number of nitrogen functional groups attached to an aromatic ring is 1. The second-order valence-corrected chi connectivity index (χ2v) is 2.46. The number of rotatable bonds is 2. The van der Waals surface area contributed by atoms with Gasteiger partial charge >= 0.3 is 0 Å². The predicted octanol–water partition coefficient (Wildman–Crippen LogP) is 2.10. The van der Waals surface area contributed by atoms with Crippen molar-refractivity contribution < 1.29 is 0 Å². The maximum atomic E-state index is 10.1. The van der Waals surface area contributed by atoms with Crippen LogP contribution in [-0.2, 0) is 5.75 Å². The van der Waals surface area contributed by atoms with Crippen LogP contribution in [0.1, 0.15) is 5.56 Å². The molecule has 0 fully saturated rings. The highest BCUT2D eigenvalue weighted by molar-refractivity contribution is 7.79. The number of nitroso groups, excluding NO2 is 1. The predicted molar refractivity (Wildman–Crippen MR) is 49.0 cm³/mol. The Kier molecular flexibility index (Phi) is 2.48. The molecule has 0 aliphatic carbocycles. The molecule has 0 radical (unpaired) electrons. The van der Waals surface area contributed by atoms with Crippen LogP contribution in [0.15, 0.2) is 23.4 Å². The molecule has 0 bridgehead atoms. The number of nitrogens with zero attached hydrogens (tertiary/aromatic N) is 1. The van der Waals surface area contributed by atoms with Gasteiger partial charge in [-0.25, -0.2) is 0 Å². The molecule has 3 nitrogen and oxygen atoms in total. The number of anilines is 1. The fourth-order valence-electron chi connectivity index (χ4n) is 0.767. The Morgan fingerprint density at radius 2 is 2.27 bits per heavy atom. The largest absolute Gasteiger partial charge is 0.397 e. The van der Waals surface area contributed by atoms with Gasteiger partial charge in [-0.15, -0.1) is 4.91 Å². The van der Waals surface area contributed by atoms with Gasteiger partial charge in [-0.1, -0.05) is 6.07 Å². The Hall–Kier alpha value is -1.03. The van der Waals surface area contributed by atoms with Gasteiger partial charge in [0.05, 0.1) is 5.69 Å². The number of thiol groups is 1. The Morgan fingerprint density at radius 1 is 1.55 bits per heavy atom. The fourth-order valence-corrected chi connectivity index (χ4v) is 0.963. The second kappa shape index (κ2) is 3.39. The van der Waals surface area contributed by atoms with Crippen LogP contribution in [0.3, 0.4) is 0 Å². The van der Waals surface area contributed by atoms with Crippen molar-refractivity contribution in [3.05, 3.63) is 28.7 Å². The number of nitrogens with two attached hydrogens (primary N) is 1. The third-order valence-electron chi connectivity index (χ3n) is 1.38. The normalized spacial score (nSPS) is 9.55. The van der Waals surface area contributed by atoms with Gasteiger partial charge in [-0.05, 0) is 22.9 Å². The molecular weight excluding hydrogens is 160 g/mol. The Bertz CT molecular complexity index is 275. The van der Waals surface area contributed by atoms with Crippen LogP contribution in [-0.4, -0.2) is 0 Å². The average molecular weight is 168 g/mol. The summed E-state index contributed by atoms with van der Waals surface area (Å²) in [5, 5.41) is 2.77. The fraction of sp³-hybridized carbons (Fsp3) is 0.143. The van der Waals surface area contributed by atoms with Gasteiger partial charge < -0.3 is 5.73 Å². The van der Waals surface area contributed by atoms with Gasteiger partial charge in [0.25, 0.3) is 0 Å². The van der Waals surface area contributed by atoms with E-state index >= 15 is 0 Å². The minimum absolute atomic E-state index is 0.288. The molecule has 0 heterocycles. The van der Waals surface area contributed by atoms with Gasteiger partial charge in [-0.3, -0.25) is 0 Å². The van der Waals surface area contributed by atoms with Crippen molar-refractivity contribution in [2.24, 2.45) is 5.18 Å². The van der Waals surface area contributed by atoms with E-state index in [1.807, 2.05) is 6.07 Å². The lowest BCUT2D eigenvalue weighted by molar-refractivity contribution is 1.39. The first-order chi connectivity index (χ1) is 5.27. The standard InChI is InChI=1S/C7H8N2OS/c8-6-2-1-5(4-11)3-7(6)9-10/h1-3,11H,4,8H2. The summed E-state index contributed by atoms with van der Waals surface area (Å²) in [4.78, 5) is 10.1. The SMILES string of the molecule is Nc1ccc(CS)cc1N=O. The summed E-state index contributed by atoms with van der Waals surface area (Å²) in [6.45, 7) is 0. The number of hydrogen-bond donors (Lipinski definition) is 2. The summed E-state index contributed by atoms with van der Waals surface area (Å²) in [7, 11) is 0. The molecule has 11 heavy (non-hydrogen) atoms. The minimum atomic E-state index is 0.288. The summed E-state index contributed by atoms with van der Waals surface area (Å²) in [6, 6.07) is 5.11. The zero-order valence-corrected chi connectivity index (χ0v) is 6.71. The van der Waals surface area contributed by atoms with Crippen molar-refractivity contribution in [3.63, 3.8) is 0 Å². The third-order valence-corrected chi connectivity index (χ3v) is 1.74. The van der Waals surface area contributed by atoms with Crippen molar-refractivity contribution in [2.75, 3.05) is 5.73 Å². The van der Waals surface area contributed by atoms with Crippen LogP contribution >= 0.6 is 12.6 Å². The lowest BCUT2D eigenvalue weighted by Crippen LogP contribution is -1.86. The van der Waals surface area contributed by atoms with Gasteiger partial charge in [0, 0.05) is 5.75 Å². The van der Waals surface area contributed by atoms with Gasteiger partial charge in [0.2, 0.25) is 0 Å². The summed E-state index contributed by atoms with van der Waals surface area (Å²) >= 11 is 4.05. The summed E-state index contributed by atoms with van der Waals surface area (Å²) < 4.78 is 0. The zero-order chi connectivity index (χ0) is 8.27. The van der Waals surface area contributed by atoms with Crippen LogP contribution < -0.4 is 5.73 Å². The van der Waals surface area contributed by atoms with Crippen molar-refractivity contribution >= 4 is 24.0 Å². The molecule has 1 aromatic rings. The zero-order valence-electron chi connectivity index (χ0n) is 5.82. The van der Waals surface area contributed by atoms with Gasteiger partial charge in [-0.2, -0.15) is 12.6 Å². The molecule has 4 heteroatoms. The maximum absolute atomic E-state index is 10.1. The Balaban J connectivity index is 3.12. The Morgan fingerprint density at radius 3 is 2.82 bits per heavy atom. The first kappa shape index (κ1) is 8.07. The molecule has 0 aliphatic rings. The number of benzene rings is 1. The molecule has 0 unspecified atom stereocenters. The lowest BCUT2D eigenvalue weighted by Gasteiger charge is -1.98. The summed E-state index contributed by atoms with van der Waals surface area (Å²) in [6.07, 6.45) is 0. The molecule has 0 amide bonds. The quantitative estimate of drug-likeness (QED) is 0.403. The monoisotopic (exact) mass is 168 g/mol. The van der Waals surface area contributed by atoms with E-state index in [9.17, 15) is 4.91 Å². The van der Waals surface area contributed by atoms with Crippen molar-refractivity contribution in [3.8, 4) is 0 Å². The van der Waals surface area contributed by atoms with Crippen LogP contribution in [0, 0.1) is 4.91 Å². The molecular formula is C7H8N2OS. The topological polar surface area (TPSA) is 55.4 Å². The van der Waals surface area contributed by atoms with E-state index in [1.165, 1.54) is 0 Å². The third kappa shape index (κ3) is 1.71. The molecule has 0 saturated heterocycles. The highest BCUT2D eigenvalue weighted by Gasteiger charge is 1.98. The van der Waals surface area contributed by atoms with E-state index in [-0.39, 0.29) is 5.69 Å². The molecule has 2 N–H and O–H groups in total. The van der Waals surface area contributed by atoms with Gasteiger partial charge in [0.15, 0.2) is 0 Å². The lowest BCUT2D eigenvalue weighted by atomic mass is 10.2. The van der Waals surface area contributed by atoms with Gasteiger partial charge in [0.1, 0.15) is 5.69 Å². The van der Waals surface area contributed by atoms with E-state index in [2.05, 4.69) is 17.8 Å². The molecule has 0 spiro atoms. The molecule has 0 aromatic heterocycles. The summed E-state index contributed by atoms with van der Waals surface area (Å²) in [5.74, 6) is 0.586. The summed E-state index contributed by atoms with van der Waals surface area (Å²) in [5.41, 5.74) is 7.07. The molecule has 1 aromatic carbocycles. The van der Waals surface area contributed by atoms with Crippen LogP contribution in [0.4, 0.5) is 11.4 Å². The Labute approximate surface area is 70.0 Å². The smallest absolute Gasteiger partial charge is 0.131 e. The maximum Gasteiger partial charge on any atom is 0.131 e. The molecule has 1 rings (SSSR count). The second-order valence-electron chi connectivity index (χ2n) is 2.14. The van der Waals surface area contributed by atoms with E-state index in [0.29, 0.717) is 11.4 Å².